The van der Waals surface area contributed by atoms with Gasteiger partial charge in [-0.25, -0.2) is 4.79 Å². The van der Waals surface area contributed by atoms with Gasteiger partial charge in [0.2, 0.25) is 0 Å². The molecule has 0 bridgehead atoms. The fourth-order valence-electron chi connectivity index (χ4n) is 0.963. The van der Waals surface area contributed by atoms with Crippen molar-refractivity contribution in [2.45, 2.75) is 13.1 Å². The molecule has 0 fully saturated rings. The van der Waals surface area contributed by atoms with Crippen molar-refractivity contribution in [1.82, 2.24) is 9.55 Å². The van der Waals surface area contributed by atoms with Gasteiger partial charge in [0.05, 0.1) is 0 Å². The monoisotopic (exact) mass is 199 g/mol. The summed E-state index contributed by atoms with van der Waals surface area (Å²) in [6.45, 7) is -0.544. The summed E-state index contributed by atoms with van der Waals surface area (Å²) in [6.07, 6.45) is 1.15. The van der Waals surface area contributed by atoms with E-state index in [1.165, 1.54) is 0 Å². The Morgan fingerprint density at radius 3 is 2.71 bits per heavy atom. The first-order valence-electron chi connectivity index (χ1n) is 3.79. The topological polar surface area (TPSA) is 118 Å². The first kappa shape index (κ1) is 10.2. The Kier molecular flexibility index (Phi) is 2.82. The minimum atomic E-state index is -1.16. The number of aromatic amines is 1. The number of aliphatic carboxylic acids is 1. The van der Waals surface area contributed by atoms with Crippen LogP contribution in [0.3, 0.4) is 0 Å². The maximum atomic E-state index is 11.0. The minimum absolute atomic E-state index is 0.0464. The number of nitrogens with one attached hydrogen (secondary N) is 1. The predicted molar refractivity (Wildman–Crippen MR) is 46.8 cm³/mol. The van der Waals surface area contributed by atoms with Gasteiger partial charge in [-0.1, -0.05) is 0 Å². The number of aromatic nitrogens is 2. The van der Waals surface area contributed by atoms with Crippen LogP contribution in [-0.2, 0) is 17.9 Å². The zero-order valence-corrected chi connectivity index (χ0v) is 7.19. The second-order valence-electron chi connectivity index (χ2n) is 2.64. The summed E-state index contributed by atoms with van der Waals surface area (Å²) < 4.78 is 0.881. The molecule has 0 aliphatic heterocycles. The fraction of sp³-hybridized carbons (Fsp3) is 0.286. The van der Waals surface area contributed by atoms with Crippen LogP contribution in [0.25, 0.3) is 0 Å². The highest BCUT2D eigenvalue weighted by Gasteiger charge is 2.05. The Morgan fingerprint density at radius 1 is 1.57 bits per heavy atom. The number of carbonyl (C=O) groups is 1. The predicted octanol–water partition coefficient (Wildman–Crippen LogP) is -1.92. The van der Waals surface area contributed by atoms with Crippen molar-refractivity contribution >= 4 is 5.97 Å². The molecule has 0 saturated carbocycles. The van der Waals surface area contributed by atoms with Gasteiger partial charge >= 0.3 is 11.7 Å². The Hall–Kier alpha value is -1.89. The van der Waals surface area contributed by atoms with Gasteiger partial charge < -0.3 is 10.8 Å². The van der Waals surface area contributed by atoms with Gasteiger partial charge in [0.25, 0.3) is 5.56 Å². The minimum Gasteiger partial charge on any atom is -0.480 e. The van der Waals surface area contributed by atoms with Crippen molar-refractivity contribution in [2.75, 3.05) is 0 Å². The van der Waals surface area contributed by atoms with Gasteiger partial charge in [0, 0.05) is 18.3 Å². The van der Waals surface area contributed by atoms with Crippen LogP contribution in [-0.4, -0.2) is 20.6 Å². The highest BCUT2D eigenvalue weighted by Crippen LogP contribution is 1.85. The molecule has 7 heteroatoms. The molecule has 0 aromatic carbocycles. The van der Waals surface area contributed by atoms with E-state index in [0.29, 0.717) is 0 Å². The SMILES string of the molecule is NCc1cn(CC(=O)O)c(=O)[nH]c1=O. The normalized spacial score (nSPS) is 10.1. The molecule has 76 valence electrons. The van der Waals surface area contributed by atoms with Crippen LogP contribution in [0.4, 0.5) is 0 Å². The van der Waals surface area contributed by atoms with Gasteiger partial charge in [-0.2, -0.15) is 0 Å². The summed E-state index contributed by atoms with van der Waals surface area (Å²) in [7, 11) is 0. The molecule has 0 amide bonds. The molecule has 1 heterocycles. The molecule has 4 N–H and O–H groups in total. The van der Waals surface area contributed by atoms with Crippen molar-refractivity contribution in [3.8, 4) is 0 Å². The van der Waals surface area contributed by atoms with Crippen LogP contribution in [0.15, 0.2) is 15.8 Å². The molecule has 0 atom stereocenters. The van der Waals surface area contributed by atoms with Crippen LogP contribution in [0, 0.1) is 0 Å². The van der Waals surface area contributed by atoms with E-state index >= 15 is 0 Å². The lowest BCUT2D eigenvalue weighted by Gasteiger charge is -2.02. The van der Waals surface area contributed by atoms with E-state index < -0.39 is 23.8 Å². The fourth-order valence-corrected chi connectivity index (χ4v) is 0.963. The highest BCUT2D eigenvalue weighted by molar-refractivity contribution is 5.66. The van der Waals surface area contributed by atoms with Crippen LogP contribution in [0.5, 0.6) is 0 Å². The first-order chi connectivity index (χ1) is 6.54. The zero-order valence-electron chi connectivity index (χ0n) is 7.19. The van der Waals surface area contributed by atoms with Crippen molar-refractivity contribution in [3.05, 3.63) is 32.6 Å². The maximum absolute atomic E-state index is 11.0. The standard InChI is InChI=1S/C7H9N3O4/c8-1-4-2-10(3-5(11)12)7(14)9-6(4)13/h2H,1,3,8H2,(H,11,12)(H,9,13,14). The van der Waals surface area contributed by atoms with E-state index in [1.54, 1.807) is 0 Å². The van der Waals surface area contributed by atoms with Gasteiger partial charge in [-0.05, 0) is 0 Å². The Balaban J connectivity index is 3.24. The first-order valence-corrected chi connectivity index (χ1v) is 3.79. The third-order valence-corrected chi connectivity index (χ3v) is 1.61. The number of carboxylic acid groups (broad SMARTS) is 1. The number of carboxylic acids is 1. The lowest BCUT2D eigenvalue weighted by molar-refractivity contribution is -0.137. The van der Waals surface area contributed by atoms with Crippen LogP contribution < -0.4 is 17.0 Å². The molecule has 0 aliphatic rings. The molecule has 0 aliphatic carbocycles. The number of hydrogen-bond acceptors (Lipinski definition) is 4. The second-order valence-corrected chi connectivity index (χ2v) is 2.64. The van der Waals surface area contributed by atoms with Crippen molar-refractivity contribution < 1.29 is 9.90 Å². The molecule has 1 aromatic rings. The summed E-state index contributed by atoms with van der Waals surface area (Å²) in [5.41, 5.74) is 4.05. The van der Waals surface area contributed by atoms with Gasteiger partial charge in [0.1, 0.15) is 6.54 Å². The van der Waals surface area contributed by atoms with Gasteiger partial charge in [-0.15, -0.1) is 0 Å². The molecule has 0 saturated heterocycles. The lowest BCUT2D eigenvalue weighted by atomic mass is 10.3. The zero-order chi connectivity index (χ0) is 10.7. The quantitative estimate of drug-likeness (QED) is 0.524. The maximum Gasteiger partial charge on any atom is 0.328 e. The van der Waals surface area contributed by atoms with E-state index in [0.717, 1.165) is 10.8 Å². The number of nitrogens with zero attached hydrogens (tertiary/aromatic N) is 1. The van der Waals surface area contributed by atoms with Crippen molar-refractivity contribution in [1.29, 1.82) is 0 Å². The van der Waals surface area contributed by atoms with Gasteiger partial charge in [0.15, 0.2) is 0 Å². The van der Waals surface area contributed by atoms with Crippen molar-refractivity contribution in [3.63, 3.8) is 0 Å². The Morgan fingerprint density at radius 2 is 2.21 bits per heavy atom. The Labute approximate surface area is 77.8 Å². The lowest BCUT2D eigenvalue weighted by Crippen LogP contribution is -2.34. The van der Waals surface area contributed by atoms with E-state index in [1.807, 2.05) is 4.98 Å². The molecular weight excluding hydrogens is 190 g/mol. The average molecular weight is 199 g/mol. The molecule has 1 aromatic heterocycles. The highest BCUT2D eigenvalue weighted by atomic mass is 16.4. The third-order valence-electron chi connectivity index (χ3n) is 1.61. The molecule has 0 radical (unpaired) electrons. The van der Waals surface area contributed by atoms with Crippen LogP contribution in [0.2, 0.25) is 0 Å². The summed E-state index contributed by atoms with van der Waals surface area (Å²) in [5, 5.41) is 8.44. The summed E-state index contributed by atoms with van der Waals surface area (Å²) >= 11 is 0. The van der Waals surface area contributed by atoms with Crippen molar-refractivity contribution in [2.24, 2.45) is 5.73 Å². The van der Waals surface area contributed by atoms with E-state index in [9.17, 15) is 14.4 Å². The van der Waals surface area contributed by atoms with E-state index in [4.69, 9.17) is 10.8 Å². The average Bonchev–Trinajstić information content (AvgIpc) is 2.09. The second kappa shape index (κ2) is 3.88. The molecule has 0 unspecified atom stereocenters. The summed E-state index contributed by atoms with van der Waals surface area (Å²) in [4.78, 5) is 34.4. The number of nitrogens with two attached hydrogens (primary N) is 1. The number of rotatable bonds is 3. The van der Waals surface area contributed by atoms with Crippen LogP contribution in [0.1, 0.15) is 5.56 Å². The molecule has 14 heavy (non-hydrogen) atoms. The Bertz CT molecular complexity index is 459. The smallest absolute Gasteiger partial charge is 0.328 e. The molecular formula is C7H9N3O4. The third kappa shape index (κ3) is 2.07. The van der Waals surface area contributed by atoms with Gasteiger partial charge in [-0.3, -0.25) is 19.1 Å². The van der Waals surface area contributed by atoms with Crippen LogP contribution >= 0.6 is 0 Å². The summed E-state index contributed by atoms with van der Waals surface area (Å²) in [5.74, 6) is -1.16. The molecule has 0 spiro atoms. The number of H-pyrrole nitrogens is 1. The number of hydrogen-bond donors (Lipinski definition) is 3. The summed E-state index contributed by atoms with van der Waals surface area (Å²) in [6, 6.07) is 0. The van der Waals surface area contributed by atoms with E-state index in [2.05, 4.69) is 0 Å². The molecule has 1 rings (SSSR count). The largest absolute Gasteiger partial charge is 0.480 e. The molecule has 7 nitrogen and oxygen atoms in total. The van der Waals surface area contributed by atoms with E-state index in [-0.39, 0.29) is 12.1 Å².